The van der Waals surface area contributed by atoms with Gasteiger partial charge >= 0.3 is 0 Å². The Labute approximate surface area is 98.3 Å². The zero-order valence-electron chi connectivity index (χ0n) is 9.18. The predicted octanol–water partition coefficient (Wildman–Crippen LogP) is 4.74. The molecular weight excluding hydrogens is 208 g/mol. The Bertz CT molecular complexity index is 840. The summed E-state index contributed by atoms with van der Waals surface area (Å²) in [7, 11) is 0. The van der Waals surface area contributed by atoms with Gasteiger partial charge in [-0.2, -0.15) is 0 Å². The van der Waals surface area contributed by atoms with E-state index in [0.29, 0.717) is 0 Å². The maximum atomic E-state index is 5.44. The van der Waals surface area contributed by atoms with Crippen LogP contribution in [-0.2, 0) is 0 Å². The summed E-state index contributed by atoms with van der Waals surface area (Å²) in [6.07, 6.45) is 1.75. The third kappa shape index (κ3) is 1.19. The van der Waals surface area contributed by atoms with Crippen LogP contribution in [0.1, 0.15) is 0 Å². The molecule has 0 unspecified atom stereocenters. The molecule has 4 aromatic rings. The van der Waals surface area contributed by atoms with Crippen molar-refractivity contribution >= 4 is 32.5 Å². The maximum absolute atomic E-state index is 5.44. The lowest BCUT2D eigenvalue weighted by atomic mass is 10.0. The van der Waals surface area contributed by atoms with Crippen molar-refractivity contribution in [2.24, 2.45) is 0 Å². The van der Waals surface area contributed by atoms with Gasteiger partial charge in [0.1, 0.15) is 5.58 Å². The average Bonchev–Trinajstić information content (AvgIpc) is 2.85. The third-order valence-electron chi connectivity index (χ3n) is 3.32. The molecule has 0 saturated heterocycles. The lowest BCUT2D eigenvalue weighted by Crippen LogP contribution is -1.76. The molecule has 80 valence electrons. The molecule has 0 N–H and O–H groups in total. The Hall–Kier alpha value is -2.28. The standard InChI is InChI=1S/C16H10O/c1-2-4-12-10-15-13(9-11(12)3-1)5-6-16-14(15)7-8-17-16/h1-10H. The molecule has 0 amide bonds. The van der Waals surface area contributed by atoms with Crippen LogP contribution in [0.25, 0.3) is 32.5 Å². The number of furan rings is 1. The molecule has 1 nitrogen and oxygen atoms in total. The Kier molecular flexibility index (Phi) is 1.61. The van der Waals surface area contributed by atoms with Gasteiger partial charge in [-0.1, -0.05) is 30.3 Å². The van der Waals surface area contributed by atoms with Gasteiger partial charge in [0.15, 0.2) is 0 Å². The number of hydrogen-bond acceptors (Lipinski definition) is 1. The van der Waals surface area contributed by atoms with E-state index in [2.05, 4.69) is 42.5 Å². The first-order valence-electron chi connectivity index (χ1n) is 5.70. The van der Waals surface area contributed by atoms with E-state index in [4.69, 9.17) is 4.42 Å². The minimum Gasteiger partial charge on any atom is -0.464 e. The van der Waals surface area contributed by atoms with Crippen molar-refractivity contribution in [3.63, 3.8) is 0 Å². The average molecular weight is 218 g/mol. The molecule has 0 spiro atoms. The summed E-state index contributed by atoms with van der Waals surface area (Å²) in [4.78, 5) is 0. The fourth-order valence-corrected chi connectivity index (χ4v) is 2.47. The van der Waals surface area contributed by atoms with Crippen LogP contribution in [0.3, 0.4) is 0 Å². The highest BCUT2D eigenvalue weighted by molar-refractivity contribution is 6.10. The molecule has 0 fully saturated rings. The second-order valence-corrected chi connectivity index (χ2v) is 4.32. The van der Waals surface area contributed by atoms with Gasteiger partial charge in [-0.25, -0.2) is 0 Å². The van der Waals surface area contributed by atoms with Gasteiger partial charge in [0, 0.05) is 5.39 Å². The molecule has 17 heavy (non-hydrogen) atoms. The van der Waals surface area contributed by atoms with E-state index in [1.54, 1.807) is 6.26 Å². The Morgan fingerprint density at radius 2 is 1.47 bits per heavy atom. The normalized spacial score (nSPS) is 11.5. The van der Waals surface area contributed by atoms with Crippen LogP contribution in [0.4, 0.5) is 0 Å². The Morgan fingerprint density at radius 3 is 2.35 bits per heavy atom. The van der Waals surface area contributed by atoms with E-state index >= 15 is 0 Å². The van der Waals surface area contributed by atoms with Crippen LogP contribution in [-0.4, -0.2) is 0 Å². The summed E-state index contributed by atoms with van der Waals surface area (Å²) < 4.78 is 5.44. The monoisotopic (exact) mass is 218 g/mol. The third-order valence-corrected chi connectivity index (χ3v) is 3.32. The second-order valence-electron chi connectivity index (χ2n) is 4.32. The Balaban J connectivity index is 2.29. The summed E-state index contributed by atoms with van der Waals surface area (Å²) in [6.45, 7) is 0. The molecule has 0 saturated carbocycles. The molecule has 1 aromatic heterocycles. The van der Waals surface area contributed by atoms with E-state index in [9.17, 15) is 0 Å². The minimum absolute atomic E-state index is 0.952. The Morgan fingerprint density at radius 1 is 0.647 bits per heavy atom. The van der Waals surface area contributed by atoms with Crippen molar-refractivity contribution in [1.82, 2.24) is 0 Å². The highest BCUT2D eigenvalue weighted by atomic mass is 16.3. The molecule has 1 heterocycles. The SMILES string of the molecule is c1ccc2cc3c(ccc4occc43)cc2c1. The van der Waals surface area contributed by atoms with Crippen LogP contribution in [0.2, 0.25) is 0 Å². The van der Waals surface area contributed by atoms with E-state index in [1.165, 1.54) is 26.9 Å². The molecule has 0 aliphatic heterocycles. The first-order valence-corrected chi connectivity index (χ1v) is 5.70. The van der Waals surface area contributed by atoms with Crippen molar-refractivity contribution in [2.75, 3.05) is 0 Å². The molecule has 0 aliphatic rings. The van der Waals surface area contributed by atoms with Crippen LogP contribution in [0.15, 0.2) is 65.3 Å². The zero-order chi connectivity index (χ0) is 11.2. The lowest BCUT2D eigenvalue weighted by molar-refractivity contribution is 0.616. The summed E-state index contributed by atoms with van der Waals surface area (Å²) in [5, 5.41) is 6.26. The van der Waals surface area contributed by atoms with Gasteiger partial charge < -0.3 is 4.42 Å². The minimum atomic E-state index is 0.952. The molecule has 0 radical (unpaired) electrons. The molecule has 0 bridgehead atoms. The number of benzene rings is 3. The largest absolute Gasteiger partial charge is 0.464 e. The zero-order valence-corrected chi connectivity index (χ0v) is 9.18. The first kappa shape index (κ1) is 8.82. The van der Waals surface area contributed by atoms with Gasteiger partial charge in [-0.3, -0.25) is 0 Å². The van der Waals surface area contributed by atoms with Crippen molar-refractivity contribution in [2.45, 2.75) is 0 Å². The van der Waals surface area contributed by atoms with Gasteiger partial charge in [-0.05, 0) is 45.8 Å². The summed E-state index contributed by atoms with van der Waals surface area (Å²) in [5.41, 5.74) is 0.952. The fraction of sp³-hybridized carbons (Fsp3) is 0. The summed E-state index contributed by atoms with van der Waals surface area (Å²) >= 11 is 0. The van der Waals surface area contributed by atoms with Crippen LogP contribution in [0.5, 0.6) is 0 Å². The molecule has 1 heteroatoms. The smallest absolute Gasteiger partial charge is 0.134 e. The predicted molar refractivity (Wildman–Crippen MR) is 71.2 cm³/mol. The van der Waals surface area contributed by atoms with Crippen LogP contribution < -0.4 is 0 Å². The number of rotatable bonds is 0. The second kappa shape index (κ2) is 3.11. The van der Waals surface area contributed by atoms with Crippen molar-refractivity contribution < 1.29 is 4.42 Å². The van der Waals surface area contributed by atoms with Crippen LogP contribution >= 0.6 is 0 Å². The van der Waals surface area contributed by atoms with Gasteiger partial charge in [-0.15, -0.1) is 0 Å². The van der Waals surface area contributed by atoms with Gasteiger partial charge in [0.05, 0.1) is 6.26 Å². The lowest BCUT2D eigenvalue weighted by Gasteiger charge is -2.02. The topological polar surface area (TPSA) is 13.1 Å². The fourth-order valence-electron chi connectivity index (χ4n) is 2.47. The summed E-state index contributed by atoms with van der Waals surface area (Å²) in [5.74, 6) is 0. The number of fused-ring (bicyclic) bond motifs is 4. The first-order chi connectivity index (χ1) is 8.42. The molecular formula is C16H10O. The van der Waals surface area contributed by atoms with Crippen molar-refractivity contribution in [3.05, 3.63) is 60.9 Å². The summed E-state index contributed by atoms with van der Waals surface area (Å²) in [6, 6.07) is 19.1. The molecule has 0 atom stereocenters. The molecule has 0 aliphatic carbocycles. The van der Waals surface area contributed by atoms with E-state index in [-0.39, 0.29) is 0 Å². The van der Waals surface area contributed by atoms with Crippen molar-refractivity contribution in [1.29, 1.82) is 0 Å². The van der Waals surface area contributed by atoms with Crippen molar-refractivity contribution in [3.8, 4) is 0 Å². The van der Waals surface area contributed by atoms with Gasteiger partial charge in [0.25, 0.3) is 0 Å². The van der Waals surface area contributed by atoms with E-state index < -0.39 is 0 Å². The van der Waals surface area contributed by atoms with Crippen LogP contribution in [0, 0.1) is 0 Å². The molecule has 3 aromatic carbocycles. The van der Waals surface area contributed by atoms with E-state index in [1.807, 2.05) is 12.1 Å². The maximum Gasteiger partial charge on any atom is 0.134 e. The highest BCUT2D eigenvalue weighted by Crippen LogP contribution is 2.29. The van der Waals surface area contributed by atoms with E-state index in [0.717, 1.165) is 5.58 Å². The highest BCUT2D eigenvalue weighted by Gasteiger charge is 2.03. The van der Waals surface area contributed by atoms with Gasteiger partial charge in [0.2, 0.25) is 0 Å². The quantitative estimate of drug-likeness (QED) is 0.388. The number of hydrogen-bond donors (Lipinski definition) is 0. The molecule has 4 rings (SSSR count).